The molecular formula is C22H24N2O4. The Morgan fingerprint density at radius 1 is 1.11 bits per heavy atom. The van der Waals surface area contributed by atoms with E-state index in [-0.39, 0.29) is 0 Å². The van der Waals surface area contributed by atoms with Gasteiger partial charge in [0, 0.05) is 30.3 Å². The Labute approximate surface area is 164 Å². The molecule has 3 aromatic rings. The normalized spacial score (nSPS) is 12.6. The van der Waals surface area contributed by atoms with Crippen LogP contribution in [0, 0.1) is 0 Å². The number of aromatic nitrogens is 1. The summed E-state index contributed by atoms with van der Waals surface area (Å²) < 4.78 is 23.2. The number of methoxy groups -OCH3 is 1. The number of anilines is 1. The van der Waals surface area contributed by atoms with Crippen molar-refractivity contribution in [3.05, 3.63) is 42.6 Å². The second kappa shape index (κ2) is 8.25. The maximum atomic E-state index is 6.15. The molecule has 0 bridgehead atoms. The number of fused-ring (bicyclic) bond motifs is 2. The SMILES string of the molecule is CCCCOc1cc2nccc(Oc3ccc4c(c3)OCCN4)c2cc1OC. The molecule has 6 heteroatoms. The second-order valence-corrected chi connectivity index (χ2v) is 6.57. The van der Waals surface area contributed by atoms with Crippen LogP contribution in [0.1, 0.15) is 19.8 Å². The molecule has 6 nitrogen and oxygen atoms in total. The van der Waals surface area contributed by atoms with Crippen molar-refractivity contribution < 1.29 is 18.9 Å². The molecule has 0 spiro atoms. The Bertz CT molecular complexity index is 974. The van der Waals surface area contributed by atoms with E-state index in [1.54, 1.807) is 13.3 Å². The van der Waals surface area contributed by atoms with Crippen molar-refractivity contribution in [2.45, 2.75) is 19.8 Å². The lowest BCUT2D eigenvalue weighted by atomic mass is 10.1. The molecule has 2 heterocycles. The molecule has 1 N–H and O–H groups in total. The lowest BCUT2D eigenvalue weighted by Crippen LogP contribution is -2.17. The van der Waals surface area contributed by atoms with Crippen molar-refractivity contribution in [2.75, 3.05) is 32.2 Å². The van der Waals surface area contributed by atoms with Crippen molar-refractivity contribution in [3.8, 4) is 28.7 Å². The fourth-order valence-corrected chi connectivity index (χ4v) is 3.12. The monoisotopic (exact) mass is 380 g/mol. The van der Waals surface area contributed by atoms with E-state index in [1.165, 1.54) is 0 Å². The van der Waals surface area contributed by atoms with Gasteiger partial charge in [0.1, 0.15) is 23.9 Å². The van der Waals surface area contributed by atoms with Gasteiger partial charge in [-0.2, -0.15) is 0 Å². The third kappa shape index (κ3) is 3.76. The van der Waals surface area contributed by atoms with Crippen molar-refractivity contribution in [2.24, 2.45) is 0 Å². The van der Waals surface area contributed by atoms with Crippen molar-refractivity contribution in [3.63, 3.8) is 0 Å². The van der Waals surface area contributed by atoms with Gasteiger partial charge in [-0.05, 0) is 30.7 Å². The van der Waals surface area contributed by atoms with Crippen LogP contribution in [0.3, 0.4) is 0 Å². The van der Waals surface area contributed by atoms with Crippen LogP contribution < -0.4 is 24.3 Å². The van der Waals surface area contributed by atoms with Crippen LogP contribution in [0.4, 0.5) is 5.69 Å². The molecule has 0 saturated carbocycles. The molecular weight excluding hydrogens is 356 g/mol. The van der Waals surface area contributed by atoms with E-state index in [0.717, 1.165) is 41.7 Å². The summed E-state index contributed by atoms with van der Waals surface area (Å²) in [7, 11) is 1.64. The summed E-state index contributed by atoms with van der Waals surface area (Å²) in [4.78, 5) is 4.47. The standard InChI is InChI=1S/C22H24N2O4/c1-3-4-10-26-22-14-18-16(13-21(22)25-2)19(7-8-23-18)28-15-5-6-17-20(12-15)27-11-9-24-17/h5-8,12-14,24H,3-4,9-11H2,1-2H3. The fraction of sp³-hybridized carbons (Fsp3) is 0.318. The van der Waals surface area contributed by atoms with Gasteiger partial charge in [0.15, 0.2) is 11.5 Å². The van der Waals surface area contributed by atoms with Gasteiger partial charge in [0.05, 0.1) is 24.9 Å². The molecule has 1 aromatic heterocycles. The first-order chi connectivity index (χ1) is 13.8. The van der Waals surface area contributed by atoms with Gasteiger partial charge >= 0.3 is 0 Å². The summed E-state index contributed by atoms with van der Waals surface area (Å²) in [6.07, 6.45) is 3.80. The summed E-state index contributed by atoms with van der Waals surface area (Å²) in [5, 5.41) is 4.16. The number of nitrogens with one attached hydrogen (secondary N) is 1. The quantitative estimate of drug-likeness (QED) is 0.581. The second-order valence-electron chi connectivity index (χ2n) is 6.57. The van der Waals surface area contributed by atoms with E-state index in [4.69, 9.17) is 18.9 Å². The minimum Gasteiger partial charge on any atom is -0.493 e. The molecule has 146 valence electrons. The third-order valence-corrected chi connectivity index (χ3v) is 4.60. The Kier molecular flexibility index (Phi) is 5.37. The van der Waals surface area contributed by atoms with Crippen LogP contribution in [-0.2, 0) is 0 Å². The average Bonchev–Trinajstić information content (AvgIpc) is 2.73. The van der Waals surface area contributed by atoms with Crippen LogP contribution in [0.25, 0.3) is 10.9 Å². The van der Waals surface area contributed by atoms with Crippen molar-refractivity contribution in [1.82, 2.24) is 4.98 Å². The summed E-state index contributed by atoms with van der Waals surface area (Å²) in [5.41, 5.74) is 1.77. The summed E-state index contributed by atoms with van der Waals surface area (Å²) >= 11 is 0. The highest BCUT2D eigenvalue weighted by Crippen LogP contribution is 2.38. The highest BCUT2D eigenvalue weighted by molar-refractivity contribution is 5.88. The number of pyridine rings is 1. The van der Waals surface area contributed by atoms with Gasteiger partial charge in [-0.1, -0.05) is 13.3 Å². The number of hydrogen-bond acceptors (Lipinski definition) is 6. The molecule has 0 unspecified atom stereocenters. The van der Waals surface area contributed by atoms with Gasteiger partial charge in [-0.15, -0.1) is 0 Å². The lowest BCUT2D eigenvalue weighted by Gasteiger charge is -2.20. The van der Waals surface area contributed by atoms with E-state index in [1.807, 2.05) is 36.4 Å². The summed E-state index contributed by atoms with van der Waals surface area (Å²) in [5.74, 6) is 3.57. The molecule has 1 aliphatic heterocycles. The van der Waals surface area contributed by atoms with Gasteiger partial charge in [-0.25, -0.2) is 0 Å². The van der Waals surface area contributed by atoms with Crippen LogP contribution >= 0.6 is 0 Å². The smallest absolute Gasteiger partial charge is 0.163 e. The van der Waals surface area contributed by atoms with E-state index in [9.17, 15) is 0 Å². The number of ether oxygens (including phenoxy) is 4. The van der Waals surface area contributed by atoms with E-state index >= 15 is 0 Å². The van der Waals surface area contributed by atoms with Crippen LogP contribution in [0.5, 0.6) is 28.7 Å². The molecule has 0 aliphatic carbocycles. The van der Waals surface area contributed by atoms with E-state index in [0.29, 0.717) is 36.2 Å². The molecule has 2 aromatic carbocycles. The zero-order chi connectivity index (χ0) is 19.3. The van der Waals surface area contributed by atoms with Crippen molar-refractivity contribution >= 4 is 16.6 Å². The maximum absolute atomic E-state index is 6.15. The Hall–Kier alpha value is -3.15. The highest BCUT2D eigenvalue weighted by atomic mass is 16.5. The number of rotatable bonds is 7. The molecule has 0 amide bonds. The number of benzene rings is 2. The first-order valence-electron chi connectivity index (χ1n) is 9.56. The molecule has 4 rings (SSSR count). The predicted molar refractivity (Wildman–Crippen MR) is 109 cm³/mol. The first kappa shape index (κ1) is 18.2. The third-order valence-electron chi connectivity index (χ3n) is 4.60. The number of unbranched alkanes of at least 4 members (excludes halogenated alkanes) is 1. The minimum atomic E-state index is 0.645. The molecule has 28 heavy (non-hydrogen) atoms. The fourth-order valence-electron chi connectivity index (χ4n) is 3.12. The van der Waals surface area contributed by atoms with Gasteiger partial charge in [0.2, 0.25) is 0 Å². The van der Waals surface area contributed by atoms with Gasteiger partial charge < -0.3 is 24.3 Å². The lowest BCUT2D eigenvalue weighted by molar-refractivity contribution is 0.289. The molecule has 0 radical (unpaired) electrons. The summed E-state index contributed by atoms with van der Waals surface area (Å²) in [6.45, 7) is 4.24. The maximum Gasteiger partial charge on any atom is 0.163 e. The van der Waals surface area contributed by atoms with E-state index < -0.39 is 0 Å². The van der Waals surface area contributed by atoms with Crippen LogP contribution in [-0.4, -0.2) is 31.9 Å². The molecule has 0 saturated heterocycles. The van der Waals surface area contributed by atoms with Crippen LogP contribution in [0.2, 0.25) is 0 Å². The molecule has 1 aliphatic rings. The zero-order valence-corrected chi connectivity index (χ0v) is 16.2. The highest BCUT2D eigenvalue weighted by Gasteiger charge is 2.14. The predicted octanol–water partition coefficient (Wildman–Crippen LogP) is 5.02. The summed E-state index contributed by atoms with van der Waals surface area (Å²) in [6, 6.07) is 11.4. The number of nitrogens with zero attached hydrogens (tertiary/aromatic N) is 1. The Morgan fingerprint density at radius 2 is 2.04 bits per heavy atom. The largest absolute Gasteiger partial charge is 0.493 e. The van der Waals surface area contributed by atoms with E-state index in [2.05, 4.69) is 17.2 Å². The zero-order valence-electron chi connectivity index (χ0n) is 16.2. The Balaban J connectivity index is 1.65. The van der Waals surface area contributed by atoms with Gasteiger partial charge in [-0.3, -0.25) is 4.98 Å². The minimum absolute atomic E-state index is 0.645. The van der Waals surface area contributed by atoms with Crippen molar-refractivity contribution in [1.29, 1.82) is 0 Å². The van der Waals surface area contributed by atoms with Crippen LogP contribution in [0.15, 0.2) is 42.6 Å². The first-order valence-corrected chi connectivity index (χ1v) is 9.56. The molecule has 0 fully saturated rings. The average molecular weight is 380 g/mol. The Morgan fingerprint density at radius 3 is 2.89 bits per heavy atom. The molecule has 0 atom stereocenters. The number of hydrogen-bond donors (Lipinski definition) is 1. The topological polar surface area (TPSA) is 61.8 Å². The van der Waals surface area contributed by atoms with Gasteiger partial charge in [0.25, 0.3) is 0 Å².